The van der Waals surface area contributed by atoms with Gasteiger partial charge < -0.3 is 21.5 Å². The first-order valence-electron chi connectivity index (χ1n) is 6.51. The SMILES string of the molecule is C=C(N)/C=C\C(=C)CN(CCc1ccc(N)cc1)C(=O)O. The van der Waals surface area contributed by atoms with Gasteiger partial charge >= 0.3 is 6.09 Å². The molecule has 0 fully saturated rings. The van der Waals surface area contributed by atoms with Crippen molar-refractivity contribution in [3.63, 3.8) is 0 Å². The van der Waals surface area contributed by atoms with Crippen LogP contribution >= 0.6 is 0 Å². The predicted octanol–water partition coefficient (Wildman–Crippen LogP) is 2.38. The van der Waals surface area contributed by atoms with Gasteiger partial charge in [-0.15, -0.1) is 0 Å². The molecular formula is C16H21N3O2. The molecule has 0 saturated heterocycles. The summed E-state index contributed by atoms with van der Waals surface area (Å²) in [4.78, 5) is 12.6. The Morgan fingerprint density at radius 3 is 2.38 bits per heavy atom. The fourth-order valence-corrected chi connectivity index (χ4v) is 1.71. The van der Waals surface area contributed by atoms with Crippen LogP contribution in [0.1, 0.15) is 5.56 Å². The molecule has 0 atom stereocenters. The number of hydrogen-bond acceptors (Lipinski definition) is 3. The minimum atomic E-state index is -0.980. The normalized spacial score (nSPS) is 10.5. The van der Waals surface area contributed by atoms with E-state index in [9.17, 15) is 9.90 Å². The number of nitrogens with two attached hydrogens (primary N) is 2. The summed E-state index contributed by atoms with van der Waals surface area (Å²) in [5, 5.41) is 9.22. The minimum absolute atomic E-state index is 0.230. The minimum Gasteiger partial charge on any atom is -0.465 e. The molecule has 0 bridgehead atoms. The summed E-state index contributed by atoms with van der Waals surface area (Å²) in [5.74, 6) is 0. The Labute approximate surface area is 124 Å². The van der Waals surface area contributed by atoms with Gasteiger partial charge in [0.25, 0.3) is 0 Å². The van der Waals surface area contributed by atoms with Crippen LogP contribution in [-0.2, 0) is 6.42 Å². The highest BCUT2D eigenvalue weighted by Crippen LogP contribution is 2.08. The molecule has 0 aromatic heterocycles. The summed E-state index contributed by atoms with van der Waals surface area (Å²) in [6.07, 6.45) is 2.91. The third kappa shape index (κ3) is 6.33. The number of nitrogens with zero attached hydrogens (tertiary/aromatic N) is 1. The zero-order valence-corrected chi connectivity index (χ0v) is 12.0. The first-order valence-corrected chi connectivity index (χ1v) is 6.51. The van der Waals surface area contributed by atoms with Crippen molar-refractivity contribution in [2.45, 2.75) is 6.42 Å². The fraction of sp³-hybridized carbons (Fsp3) is 0.188. The highest BCUT2D eigenvalue weighted by Gasteiger charge is 2.11. The van der Waals surface area contributed by atoms with E-state index in [4.69, 9.17) is 11.5 Å². The summed E-state index contributed by atoms with van der Waals surface area (Å²) in [5.41, 5.74) is 13.8. The van der Waals surface area contributed by atoms with E-state index >= 15 is 0 Å². The third-order valence-electron chi connectivity index (χ3n) is 2.85. The van der Waals surface area contributed by atoms with Gasteiger partial charge in [-0.3, -0.25) is 0 Å². The average molecular weight is 287 g/mol. The summed E-state index contributed by atoms with van der Waals surface area (Å²) in [6, 6.07) is 7.38. The van der Waals surface area contributed by atoms with E-state index in [2.05, 4.69) is 13.2 Å². The van der Waals surface area contributed by atoms with Crippen molar-refractivity contribution < 1.29 is 9.90 Å². The van der Waals surface area contributed by atoms with Crippen LogP contribution in [0.2, 0.25) is 0 Å². The highest BCUT2D eigenvalue weighted by molar-refractivity contribution is 5.65. The molecule has 0 heterocycles. The Morgan fingerprint density at radius 1 is 1.24 bits per heavy atom. The molecule has 5 N–H and O–H groups in total. The maximum atomic E-state index is 11.2. The number of anilines is 1. The second-order valence-corrected chi connectivity index (χ2v) is 4.76. The second-order valence-electron chi connectivity index (χ2n) is 4.76. The molecule has 112 valence electrons. The van der Waals surface area contributed by atoms with Gasteiger partial charge in [-0.05, 0) is 35.8 Å². The maximum absolute atomic E-state index is 11.2. The molecular weight excluding hydrogens is 266 g/mol. The van der Waals surface area contributed by atoms with Gasteiger partial charge in [0.15, 0.2) is 0 Å². The molecule has 1 amide bonds. The van der Waals surface area contributed by atoms with Gasteiger partial charge in [-0.2, -0.15) is 0 Å². The van der Waals surface area contributed by atoms with Crippen LogP contribution in [0.5, 0.6) is 0 Å². The second kappa shape index (κ2) is 7.79. The van der Waals surface area contributed by atoms with Crippen molar-refractivity contribution in [2.24, 2.45) is 5.73 Å². The van der Waals surface area contributed by atoms with Crippen LogP contribution in [-0.4, -0.2) is 29.2 Å². The van der Waals surface area contributed by atoms with Crippen LogP contribution in [0.15, 0.2) is 60.8 Å². The van der Waals surface area contributed by atoms with Crippen LogP contribution in [0, 0.1) is 0 Å². The number of carboxylic acid groups (broad SMARTS) is 1. The molecule has 0 saturated carbocycles. The Kier molecular flexibility index (Phi) is 6.07. The Morgan fingerprint density at radius 2 is 1.86 bits per heavy atom. The van der Waals surface area contributed by atoms with E-state index < -0.39 is 6.09 Å². The number of carbonyl (C=O) groups is 1. The summed E-state index contributed by atoms with van der Waals surface area (Å²) in [7, 11) is 0. The van der Waals surface area contributed by atoms with Crippen molar-refractivity contribution in [3.8, 4) is 0 Å². The zero-order chi connectivity index (χ0) is 15.8. The predicted molar refractivity (Wildman–Crippen MR) is 85.8 cm³/mol. The molecule has 5 heteroatoms. The van der Waals surface area contributed by atoms with E-state index in [1.165, 1.54) is 4.90 Å². The van der Waals surface area contributed by atoms with Crippen LogP contribution < -0.4 is 11.5 Å². The van der Waals surface area contributed by atoms with E-state index in [0.717, 1.165) is 5.56 Å². The number of nitrogen functional groups attached to an aromatic ring is 1. The first-order chi connectivity index (χ1) is 9.88. The van der Waals surface area contributed by atoms with Gasteiger partial charge in [0, 0.05) is 24.5 Å². The number of benzene rings is 1. The molecule has 1 rings (SSSR count). The monoisotopic (exact) mass is 287 g/mol. The first kappa shape index (κ1) is 16.4. The van der Waals surface area contributed by atoms with Crippen LogP contribution in [0.25, 0.3) is 0 Å². The maximum Gasteiger partial charge on any atom is 0.407 e. The van der Waals surface area contributed by atoms with Crippen LogP contribution in [0.4, 0.5) is 10.5 Å². The van der Waals surface area contributed by atoms with Crippen molar-refractivity contribution in [3.05, 3.63) is 66.4 Å². The Hall–Kier alpha value is -2.69. The molecule has 5 nitrogen and oxygen atoms in total. The molecule has 21 heavy (non-hydrogen) atoms. The quantitative estimate of drug-likeness (QED) is 0.530. The largest absolute Gasteiger partial charge is 0.465 e. The summed E-state index contributed by atoms with van der Waals surface area (Å²) < 4.78 is 0. The van der Waals surface area contributed by atoms with Gasteiger partial charge in [0.2, 0.25) is 0 Å². The molecule has 0 aliphatic carbocycles. The number of rotatable bonds is 7. The van der Waals surface area contributed by atoms with E-state index in [0.29, 0.717) is 29.9 Å². The van der Waals surface area contributed by atoms with Gasteiger partial charge in [-0.25, -0.2) is 4.79 Å². The standard InChI is InChI=1S/C16H21N3O2/c1-12(3-4-13(2)17)11-19(16(20)21)10-9-14-5-7-15(18)8-6-14/h3-8H,1-2,9-11,17-18H2,(H,20,21)/b4-3-. The van der Waals surface area contributed by atoms with E-state index in [-0.39, 0.29) is 6.54 Å². The van der Waals surface area contributed by atoms with E-state index in [1.54, 1.807) is 24.3 Å². The van der Waals surface area contributed by atoms with Gasteiger partial charge in [-0.1, -0.05) is 31.4 Å². The summed E-state index contributed by atoms with van der Waals surface area (Å²) in [6.45, 7) is 7.96. The average Bonchev–Trinajstić information content (AvgIpc) is 2.42. The highest BCUT2D eigenvalue weighted by atomic mass is 16.4. The zero-order valence-electron chi connectivity index (χ0n) is 12.0. The Balaban J connectivity index is 2.57. The lowest BCUT2D eigenvalue weighted by Crippen LogP contribution is -2.33. The number of amides is 1. The molecule has 0 aliphatic rings. The van der Waals surface area contributed by atoms with Crippen LogP contribution in [0.3, 0.4) is 0 Å². The fourth-order valence-electron chi connectivity index (χ4n) is 1.71. The molecule has 1 aromatic rings. The molecule has 0 unspecified atom stereocenters. The molecule has 0 spiro atoms. The van der Waals surface area contributed by atoms with E-state index in [1.807, 2.05) is 12.1 Å². The van der Waals surface area contributed by atoms with Gasteiger partial charge in [0.1, 0.15) is 0 Å². The van der Waals surface area contributed by atoms with Crippen molar-refractivity contribution in [1.29, 1.82) is 0 Å². The van der Waals surface area contributed by atoms with Crippen molar-refractivity contribution >= 4 is 11.8 Å². The molecule has 0 aliphatic heterocycles. The lowest BCUT2D eigenvalue weighted by atomic mass is 10.1. The molecule has 1 aromatic carbocycles. The number of hydrogen-bond donors (Lipinski definition) is 3. The Bertz CT molecular complexity index is 547. The third-order valence-corrected chi connectivity index (χ3v) is 2.85. The van der Waals surface area contributed by atoms with Crippen molar-refractivity contribution in [2.75, 3.05) is 18.8 Å². The summed E-state index contributed by atoms with van der Waals surface area (Å²) >= 11 is 0. The topological polar surface area (TPSA) is 92.6 Å². The number of allylic oxidation sites excluding steroid dienone is 1. The van der Waals surface area contributed by atoms with Gasteiger partial charge in [0.05, 0.1) is 0 Å². The van der Waals surface area contributed by atoms with Crippen molar-refractivity contribution in [1.82, 2.24) is 4.90 Å². The lowest BCUT2D eigenvalue weighted by molar-refractivity contribution is 0.150. The lowest BCUT2D eigenvalue weighted by Gasteiger charge is -2.19. The smallest absolute Gasteiger partial charge is 0.407 e. The molecule has 0 radical (unpaired) electrons.